The smallest absolute Gasteiger partial charge is 0.359 e. The van der Waals surface area contributed by atoms with Crippen molar-refractivity contribution in [2.75, 3.05) is 39.1 Å². The normalized spacial score (nSPS) is 18.4. The Morgan fingerprint density at radius 2 is 2.06 bits per heavy atom. The van der Waals surface area contributed by atoms with E-state index in [1.807, 2.05) is 24.3 Å². The number of carbonyl (C=O) groups excluding carboxylic acids is 2. The summed E-state index contributed by atoms with van der Waals surface area (Å²) in [4.78, 5) is 35.3. The summed E-state index contributed by atoms with van der Waals surface area (Å²) in [5, 5.41) is 0. The molecular formula is C25H28N4O5. The largest absolute Gasteiger partial charge is 0.473 e. The minimum Gasteiger partial charge on any atom is -0.473 e. The zero-order valence-electron chi connectivity index (χ0n) is 19.4. The number of hydrogen-bond donors (Lipinski definition) is 1. The molecule has 4 rings (SSSR count). The molecule has 2 fully saturated rings. The fourth-order valence-electron chi connectivity index (χ4n) is 3.84. The predicted octanol–water partition coefficient (Wildman–Crippen LogP) is 2.29. The first-order valence-corrected chi connectivity index (χ1v) is 11.4. The third-order valence-corrected chi connectivity index (χ3v) is 5.77. The lowest BCUT2D eigenvalue weighted by atomic mass is 10.1. The van der Waals surface area contributed by atoms with Gasteiger partial charge >= 0.3 is 5.97 Å². The van der Waals surface area contributed by atoms with Crippen molar-refractivity contribution in [1.29, 1.82) is 0 Å². The number of ether oxygens (including phenoxy) is 3. The van der Waals surface area contributed by atoms with Crippen LogP contribution in [0.4, 0.5) is 5.69 Å². The van der Waals surface area contributed by atoms with Crippen LogP contribution in [0.25, 0.3) is 11.4 Å². The van der Waals surface area contributed by atoms with Crippen LogP contribution in [-0.4, -0.2) is 66.3 Å². The number of esters is 1. The van der Waals surface area contributed by atoms with E-state index in [2.05, 4.69) is 21.8 Å². The van der Waals surface area contributed by atoms with Gasteiger partial charge in [0.1, 0.15) is 17.7 Å². The molecule has 2 aromatic rings. The standard InChI is InChI=1S/C25H28N4O5/c1-3-33-25(31)21-20(26)23(34-19-10-13-32-14-11-19)28-22(27-21)18-6-4-5-16(15-18)7-8-17-9-12-29(2)24(17)30/h4-6,15,17,19H,3,9-14,26H2,1-2H3. The number of benzene rings is 1. The summed E-state index contributed by atoms with van der Waals surface area (Å²) in [6, 6.07) is 7.31. The Labute approximate surface area is 198 Å². The monoisotopic (exact) mass is 464 g/mol. The predicted molar refractivity (Wildman–Crippen MR) is 125 cm³/mol. The van der Waals surface area contributed by atoms with Crippen molar-refractivity contribution in [3.63, 3.8) is 0 Å². The number of aromatic nitrogens is 2. The molecule has 178 valence electrons. The second-order valence-corrected chi connectivity index (χ2v) is 8.22. The Morgan fingerprint density at radius 3 is 2.76 bits per heavy atom. The molecule has 0 bridgehead atoms. The number of amides is 1. The molecule has 0 aliphatic carbocycles. The van der Waals surface area contributed by atoms with Crippen LogP contribution in [0.5, 0.6) is 5.88 Å². The van der Waals surface area contributed by atoms with Crippen LogP contribution < -0.4 is 10.5 Å². The van der Waals surface area contributed by atoms with Crippen molar-refractivity contribution in [3.05, 3.63) is 35.5 Å². The van der Waals surface area contributed by atoms with E-state index in [0.717, 1.165) is 6.42 Å². The van der Waals surface area contributed by atoms with Crippen LogP contribution in [-0.2, 0) is 14.3 Å². The highest BCUT2D eigenvalue weighted by atomic mass is 16.5. The number of nitrogens with zero attached hydrogens (tertiary/aromatic N) is 3. The maximum atomic E-state index is 12.5. The zero-order chi connectivity index (χ0) is 24.1. The van der Waals surface area contributed by atoms with Gasteiger partial charge in [-0.15, -0.1) is 0 Å². The first-order valence-electron chi connectivity index (χ1n) is 11.4. The van der Waals surface area contributed by atoms with E-state index in [1.165, 1.54) is 0 Å². The Bertz CT molecular complexity index is 1130. The molecule has 1 unspecified atom stereocenters. The Hall–Kier alpha value is -3.64. The van der Waals surface area contributed by atoms with Gasteiger partial charge in [-0.3, -0.25) is 4.79 Å². The van der Waals surface area contributed by atoms with Crippen molar-refractivity contribution < 1.29 is 23.8 Å². The second-order valence-electron chi connectivity index (χ2n) is 8.22. The Morgan fingerprint density at radius 1 is 1.26 bits per heavy atom. The minimum absolute atomic E-state index is 0.0370. The van der Waals surface area contributed by atoms with Gasteiger partial charge < -0.3 is 24.8 Å². The molecule has 0 spiro atoms. The molecule has 9 nitrogen and oxygen atoms in total. The SMILES string of the molecule is CCOC(=O)c1nc(-c2cccc(C#CC3CCN(C)C3=O)c2)nc(OC2CCOCC2)c1N. The number of likely N-dealkylation sites (tertiary alicyclic amines) is 1. The fourth-order valence-corrected chi connectivity index (χ4v) is 3.84. The fraction of sp³-hybridized carbons (Fsp3) is 0.440. The van der Waals surface area contributed by atoms with Gasteiger partial charge in [-0.05, 0) is 25.5 Å². The van der Waals surface area contributed by atoms with Crippen molar-refractivity contribution in [3.8, 4) is 29.1 Å². The molecule has 1 aromatic carbocycles. The van der Waals surface area contributed by atoms with Crippen LogP contribution in [0.3, 0.4) is 0 Å². The number of hydrogen-bond acceptors (Lipinski definition) is 8. The molecule has 1 aromatic heterocycles. The van der Waals surface area contributed by atoms with Crippen LogP contribution in [0.2, 0.25) is 0 Å². The van der Waals surface area contributed by atoms with Gasteiger partial charge in [0.15, 0.2) is 11.5 Å². The van der Waals surface area contributed by atoms with E-state index in [9.17, 15) is 9.59 Å². The van der Waals surface area contributed by atoms with Crippen LogP contribution in [0.15, 0.2) is 24.3 Å². The minimum atomic E-state index is -0.639. The molecule has 2 aliphatic heterocycles. The van der Waals surface area contributed by atoms with E-state index in [4.69, 9.17) is 19.9 Å². The highest BCUT2D eigenvalue weighted by Gasteiger charge is 2.27. The maximum Gasteiger partial charge on any atom is 0.359 e. The van der Waals surface area contributed by atoms with Crippen molar-refractivity contribution in [2.24, 2.45) is 5.92 Å². The van der Waals surface area contributed by atoms with E-state index >= 15 is 0 Å². The molecule has 3 heterocycles. The average Bonchev–Trinajstić information content (AvgIpc) is 3.17. The lowest BCUT2D eigenvalue weighted by Gasteiger charge is -2.23. The topological polar surface area (TPSA) is 117 Å². The molecule has 0 radical (unpaired) electrons. The highest BCUT2D eigenvalue weighted by molar-refractivity contribution is 5.94. The number of nitrogens with two attached hydrogens (primary N) is 1. The van der Waals surface area contributed by atoms with Crippen LogP contribution >= 0.6 is 0 Å². The van der Waals surface area contributed by atoms with Crippen molar-refractivity contribution in [1.82, 2.24) is 14.9 Å². The first-order chi connectivity index (χ1) is 16.5. The summed E-state index contributed by atoms with van der Waals surface area (Å²) in [6.45, 7) is 3.79. The lowest BCUT2D eigenvalue weighted by molar-refractivity contribution is -0.128. The molecule has 1 atom stereocenters. The van der Waals surface area contributed by atoms with E-state index < -0.39 is 5.97 Å². The molecular weight excluding hydrogens is 436 g/mol. The summed E-state index contributed by atoms with van der Waals surface area (Å²) in [7, 11) is 1.78. The third kappa shape index (κ3) is 5.29. The van der Waals surface area contributed by atoms with Gasteiger partial charge in [0.05, 0.1) is 19.8 Å². The van der Waals surface area contributed by atoms with Crippen LogP contribution in [0, 0.1) is 17.8 Å². The van der Waals surface area contributed by atoms with Gasteiger partial charge in [0, 0.05) is 37.6 Å². The number of anilines is 1. The lowest BCUT2D eigenvalue weighted by Crippen LogP contribution is -2.27. The molecule has 0 saturated carbocycles. The van der Waals surface area contributed by atoms with Crippen molar-refractivity contribution in [2.45, 2.75) is 32.3 Å². The summed E-state index contributed by atoms with van der Waals surface area (Å²) >= 11 is 0. The van der Waals surface area contributed by atoms with E-state index in [-0.39, 0.29) is 47.6 Å². The van der Waals surface area contributed by atoms with Gasteiger partial charge in [-0.25, -0.2) is 9.78 Å². The van der Waals surface area contributed by atoms with Crippen molar-refractivity contribution >= 4 is 17.6 Å². The van der Waals surface area contributed by atoms with Gasteiger partial charge in [0.2, 0.25) is 11.8 Å². The van der Waals surface area contributed by atoms with Gasteiger partial charge in [0.25, 0.3) is 0 Å². The molecule has 2 saturated heterocycles. The average molecular weight is 465 g/mol. The quantitative estimate of drug-likeness (QED) is 0.529. The van der Waals surface area contributed by atoms with Gasteiger partial charge in [-0.1, -0.05) is 24.0 Å². The van der Waals surface area contributed by atoms with E-state index in [1.54, 1.807) is 18.9 Å². The zero-order valence-corrected chi connectivity index (χ0v) is 19.4. The second kappa shape index (κ2) is 10.5. The summed E-state index contributed by atoms with van der Waals surface area (Å²) in [5.41, 5.74) is 7.58. The maximum absolute atomic E-state index is 12.5. The number of rotatable bonds is 5. The Kier molecular flexibility index (Phi) is 7.28. The van der Waals surface area contributed by atoms with E-state index in [0.29, 0.717) is 43.7 Å². The molecule has 1 amide bonds. The van der Waals surface area contributed by atoms with Gasteiger partial charge in [-0.2, -0.15) is 4.98 Å². The third-order valence-electron chi connectivity index (χ3n) is 5.77. The Balaban J connectivity index is 1.67. The summed E-state index contributed by atoms with van der Waals surface area (Å²) < 4.78 is 16.6. The molecule has 9 heteroatoms. The molecule has 2 N–H and O–H groups in total. The number of nitrogen functional groups attached to an aromatic ring is 1. The molecule has 2 aliphatic rings. The molecule has 34 heavy (non-hydrogen) atoms. The van der Waals surface area contributed by atoms with Crippen LogP contribution in [0.1, 0.15) is 42.2 Å². The summed E-state index contributed by atoms with van der Waals surface area (Å²) in [6.07, 6.45) is 2.01. The highest BCUT2D eigenvalue weighted by Crippen LogP contribution is 2.29. The first kappa shape index (κ1) is 23.5. The summed E-state index contributed by atoms with van der Waals surface area (Å²) in [5.74, 6) is 5.68. The number of carbonyl (C=O) groups is 2.